The van der Waals surface area contributed by atoms with Gasteiger partial charge in [0.1, 0.15) is 0 Å². The van der Waals surface area contributed by atoms with Gasteiger partial charge >= 0.3 is 0 Å². The molecule has 0 aromatic heterocycles. The average molecular weight is 153 g/mol. The molecule has 2 rings (SSSR count). The predicted molar refractivity (Wildman–Crippen MR) is 47.3 cm³/mol. The maximum Gasteiger partial charge on any atom is 0.0182 e. The van der Waals surface area contributed by atoms with Gasteiger partial charge in [0, 0.05) is 5.54 Å². The maximum atomic E-state index is 6.28. The summed E-state index contributed by atoms with van der Waals surface area (Å²) in [6, 6.07) is 0. The molecular weight excluding hydrogens is 134 g/mol. The molecule has 0 spiro atoms. The van der Waals surface area contributed by atoms with Crippen LogP contribution in [0.2, 0.25) is 0 Å². The topological polar surface area (TPSA) is 26.0 Å². The van der Waals surface area contributed by atoms with Gasteiger partial charge in [0.25, 0.3) is 0 Å². The van der Waals surface area contributed by atoms with Gasteiger partial charge in [-0.3, -0.25) is 0 Å². The zero-order valence-corrected chi connectivity index (χ0v) is 7.31. The van der Waals surface area contributed by atoms with Gasteiger partial charge in [0.2, 0.25) is 0 Å². The van der Waals surface area contributed by atoms with Gasteiger partial charge in [0.05, 0.1) is 0 Å². The standard InChI is InChI=1S/C10H19N/c11-10(7-4-8-10)9-5-2-1-3-6-9/h9H,1-8,11H2. The molecule has 0 aromatic rings. The van der Waals surface area contributed by atoms with E-state index in [4.69, 9.17) is 5.73 Å². The molecule has 2 fully saturated rings. The monoisotopic (exact) mass is 153 g/mol. The quantitative estimate of drug-likeness (QED) is 0.615. The van der Waals surface area contributed by atoms with Crippen LogP contribution in [-0.4, -0.2) is 5.54 Å². The minimum atomic E-state index is 0.292. The van der Waals surface area contributed by atoms with Crippen LogP contribution in [0.25, 0.3) is 0 Å². The van der Waals surface area contributed by atoms with Gasteiger partial charge in [-0.25, -0.2) is 0 Å². The van der Waals surface area contributed by atoms with Crippen LogP contribution in [0.3, 0.4) is 0 Å². The van der Waals surface area contributed by atoms with Crippen molar-refractivity contribution in [1.82, 2.24) is 0 Å². The molecule has 0 amide bonds. The highest BCUT2D eigenvalue weighted by molar-refractivity contribution is 4.98. The zero-order chi connectivity index (χ0) is 7.73. The first-order chi connectivity index (χ1) is 5.31. The van der Waals surface area contributed by atoms with Crippen LogP contribution in [-0.2, 0) is 0 Å². The van der Waals surface area contributed by atoms with E-state index in [1.54, 1.807) is 0 Å². The molecule has 0 aromatic carbocycles. The van der Waals surface area contributed by atoms with E-state index in [1.807, 2.05) is 0 Å². The van der Waals surface area contributed by atoms with E-state index in [9.17, 15) is 0 Å². The molecule has 0 saturated heterocycles. The van der Waals surface area contributed by atoms with Gasteiger partial charge in [-0.05, 0) is 38.0 Å². The lowest BCUT2D eigenvalue weighted by atomic mass is 9.64. The van der Waals surface area contributed by atoms with Crippen LogP contribution in [0, 0.1) is 5.92 Å². The molecule has 0 radical (unpaired) electrons. The van der Waals surface area contributed by atoms with Gasteiger partial charge < -0.3 is 5.73 Å². The van der Waals surface area contributed by atoms with E-state index in [0.717, 1.165) is 5.92 Å². The van der Waals surface area contributed by atoms with E-state index in [1.165, 1.54) is 51.4 Å². The normalized spacial score (nSPS) is 31.4. The smallest absolute Gasteiger partial charge is 0.0182 e. The van der Waals surface area contributed by atoms with Crippen LogP contribution in [0.1, 0.15) is 51.4 Å². The van der Waals surface area contributed by atoms with Crippen molar-refractivity contribution in [3.8, 4) is 0 Å². The molecule has 0 atom stereocenters. The van der Waals surface area contributed by atoms with Crippen molar-refractivity contribution in [3.05, 3.63) is 0 Å². The molecule has 1 heteroatoms. The number of hydrogen-bond donors (Lipinski definition) is 1. The van der Waals surface area contributed by atoms with Crippen molar-refractivity contribution in [2.45, 2.75) is 56.9 Å². The van der Waals surface area contributed by atoms with Crippen LogP contribution in [0.15, 0.2) is 0 Å². The third kappa shape index (κ3) is 1.31. The predicted octanol–water partition coefficient (Wildman–Crippen LogP) is 2.45. The van der Waals surface area contributed by atoms with E-state index in [-0.39, 0.29) is 0 Å². The lowest BCUT2D eigenvalue weighted by Crippen LogP contribution is -2.53. The fourth-order valence-corrected chi connectivity index (χ4v) is 2.67. The van der Waals surface area contributed by atoms with Crippen molar-refractivity contribution in [3.63, 3.8) is 0 Å². The molecule has 64 valence electrons. The fourth-order valence-electron chi connectivity index (χ4n) is 2.67. The Morgan fingerprint density at radius 2 is 1.55 bits per heavy atom. The van der Waals surface area contributed by atoms with Crippen molar-refractivity contribution in [2.24, 2.45) is 11.7 Å². The first-order valence-corrected chi connectivity index (χ1v) is 5.10. The molecule has 0 aliphatic heterocycles. The highest BCUT2D eigenvalue weighted by Gasteiger charge is 2.40. The second kappa shape index (κ2) is 2.78. The zero-order valence-electron chi connectivity index (χ0n) is 7.31. The Balaban J connectivity index is 1.91. The van der Waals surface area contributed by atoms with Crippen LogP contribution < -0.4 is 5.73 Å². The second-order valence-electron chi connectivity index (χ2n) is 4.42. The van der Waals surface area contributed by atoms with Crippen molar-refractivity contribution in [1.29, 1.82) is 0 Å². The second-order valence-corrected chi connectivity index (χ2v) is 4.42. The SMILES string of the molecule is NC1(C2CCCCC2)CCC1. The molecule has 0 unspecified atom stereocenters. The highest BCUT2D eigenvalue weighted by atomic mass is 14.8. The Morgan fingerprint density at radius 1 is 0.909 bits per heavy atom. The molecule has 0 heterocycles. The van der Waals surface area contributed by atoms with Gasteiger partial charge in [-0.15, -0.1) is 0 Å². The molecule has 1 nitrogen and oxygen atoms in total. The summed E-state index contributed by atoms with van der Waals surface area (Å²) in [5.74, 6) is 0.880. The van der Waals surface area contributed by atoms with Crippen molar-refractivity contribution >= 4 is 0 Å². The first kappa shape index (κ1) is 7.60. The summed E-state index contributed by atoms with van der Waals surface area (Å²) in [6.45, 7) is 0. The summed E-state index contributed by atoms with van der Waals surface area (Å²) < 4.78 is 0. The van der Waals surface area contributed by atoms with E-state index in [0.29, 0.717) is 5.54 Å². The molecule has 2 aliphatic carbocycles. The summed E-state index contributed by atoms with van der Waals surface area (Å²) in [6.07, 6.45) is 11.1. The van der Waals surface area contributed by atoms with Crippen LogP contribution >= 0.6 is 0 Å². The largest absolute Gasteiger partial charge is 0.325 e. The Labute approximate surface area is 69.4 Å². The minimum Gasteiger partial charge on any atom is -0.325 e. The Kier molecular flexibility index (Phi) is 1.92. The molecule has 2 aliphatic rings. The lowest BCUT2D eigenvalue weighted by Gasteiger charge is -2.46. The fraction of sp³-hybridized carbons (Fsp3) is 1.00. The minimum absolute atomic E-state index is 0.292. The number of rotatable bonds is 1. The third-order valence-electron chi connectivity index (χ3n) is 3.70. The molecule has 2 N–H and O–H groups in total. The van der Waals surface area contributed by atoms with Crippen molar-refractivity contribution in [2.75, 3.05) is 0 Å². The summed E-state index contributed by atoms with van der Waals surface area (Å²) in [5.41, 5.74) is 6.57. The summed E-state index contributed by atoms with van der Waals surface area (Å²) >= 11 is 0. The molecule has 11 heavy (non-hydrogen) atoms. The maximum absolute atomic E-state index is 6.28. The van der Waals surface area contributed by atoms with Crippen molar-refractivity contribution < 1.29 is 0 Å². The molecular formula is C10H19N. The lowest BCUT2D eigenvalue weighted by molar-refractivity contribution is 0.118. The molecule has 0 bridgehead atoms. The van der Waals surface area contributed by atoms with Gasteiger partial charge in [-0.2, -0.15) is 0 Å². The molecule has 2 saturated carbocycles. The number of hydrogen-bond acceptors (Lipinski definition) is 1. The summed E-state index contributed by atoms with van der Waals surface area (Å²) in [4.78, 5) is 0. The summed E-state index contributed by atoms with van der Waals surface area (Å²) in [5, 5.41) is 0. The van der Waals surface area contributed by atoms with E-state index >= 15 is 0 Å². The van der Waals surface area contributed by atoms with E-state index < -0.39 is 0 Å². The third-order valence-corrected chi connectivity index (χ3v) is 3.70. The first-order valence-electron chi connectivity index (χ1n) is 5.10. The average Bonchev–Trinajstić information content (AvgIpc) is 2.02. The van der Waals surface area contributed by atoms with Crippen LogP contribution in [0.4, 0.5) is 0 Å². The van der Waals surface area contributed by atoms with E-state index in [2.05, 4.69) is 0 Å². The van der Waals surface area contributed by atoms with Gasteiger partial charge in [-0.1, -0.05) is 19.3 Å². The Hall–Kier alpha value is -0.0400. The highest BCUT2D eigenvalue weighted by Crippen LogP contribution is 2.42. The summed E-state index contributed by atoms with van der Waals surface area (Å²) in [7, 11) is 0. The Morgan fingerprint density at radius 3 is 2.00 bits per heavy atom. The van der Waals surface area contributed by atoms with Crippen LogP contribution in [0.5, 0.6) is 0 Å². The van der Waals surface area contributed by atoms with Gasteiger partial charge in [0.15, 0.2) is 0 Å². The number of nitrogens with two attached hydrogens (primary N) is 1. The Bertz CT molecular complexity index is 132.